The van der Waals surface area contributed by atoms with Crippen molar-refractivity contribution >= 4 is 0 Å². The molecule has 1 N–H and O–H groups in total. The second-order valence-corrected chi connectivity index (χ2v) is 3.80. The molecule has 0 aliphatic heterocycles. The number of benzene rings is 1. The normalized spacial score (nSPS) is 10.5. The van der Waals surface area contributed by atoms with Gasteiger partial charge in [0.05, 0.1) is 18.1 Å². The number of ether oxygens (including phenoxy) is 1. The summed E-state index contributed by atoms with van der Waals surface area (Å²) in [6.07, 6.45) is 2.94. The number of nitrogens with zero attached hydrogens (tertiary/aromatic N) is 2. The Morgan fingerprint density at radius 1 is 1.21 bits per heavy atom. The van der Waals surface area contributed by atoms with E-state index in [0.717, 1.165) is 24.4 Å². The van der Waals surface area contributed by atoms with Crippen molar-refractivity contribution in [2.24, 2.45) is 0 Å². The van der Waals surface area contributed by atoms with Crippen molar-refractivity contribution in [2.45, 2.75) is 13.5 Å². The molecular formula is C13H13F2N3O. The van der Waals surface area contributed by atoms with Crippen LogP contribution < -0.4 is 10.1 Å². The maximum atomic E-state index is 13.4. The summed E-state index contributed by atoms with van der Waals surface area (Å²) in [5.41, 5.74) is 0.758. The average Bonchev–Trinajstić information content (AvgIpc) is 2.41. The fourth-order valence-electron chi connectivity index (χ4n) is 1.41. The summed E-state index contributed by atoms with van der Waals surface area (Å²) >= 11 is 0. The van der Waals surface area contributed by atoms with Gasteiger partial charge in [-0.2, -0.15) is 0 Å². The third-order valence-corrected chi connectivity index (χ3v) is 2.35. The number of hydrogen-bond acceptors (Lipinski definition) is 4. The summed E-state index contributed by atoms with van der Waals surface area (Å²) in [6, 6.07) is 3.08. The standard InChI is InChI=1S/C13H13F2N3O/c1-2-16-6-10-7-18-13(8-17-10)19-12-4-3-9(14)5-11(12)15/h3-5,7-8,16H,2,6H2,1H3. The predicted octanol–water partition coefficient (Wildman–Crippen LogP) is 2.66. The van der Waals surface area contributed by atoms with Crippen LogP contribution in [0, 0.1) is 11.6 Å². The summed E-state index contributed by atoms with van der Waals surface area (Å²) < 4.78 is 31.3. The number of halogens is 2. The Morgan fingerprint density at radius 2 is 2.05 bits per heavy atom. The van der Waals surface area contributed by atoms with Gasteiger partial charge in [0, 0.05) is 12.6 Å². The van der Waals surface area contributed by atoms with E-state index in [0.29, 0.717) is 6.54 Å². The van der Waals surface area contributed by atoms with Crippen LogP contribution in [0.2, 0.25) is 0 Å². The predicted molar refractivity (Wildman–Crippen MR) is 65.8 cm³/mol. The second kappa shape index (κ2) is 6.19. The Labute approximate surface area is 109 Å². The second-order valence-electron chi connectivity index (χ2n) is 3.80. The minimum Gasteiger partial charge on any atom is -0.434 e. The van der Waals surface area contributed by atoms with Crippen molar-refractivity contribution in [3.63, 3.8) is 0 Å². The van der Waals surface area contributed by atoms with E-state index < -0.39 is 11.6 Å². The van der Waals surface area contributed by atoms with E-state index >= 15 is 0 Å². The van der Waals surface area contributed by atoms with Gasteiger partial charge in [-0.15, -0.1) is 0 Å². The zero-order valence-corrected chi connectivity index (χ0v) is 10.4. The van der Waals surface area contributed by atoms with Crippen LogP contribution >= 0.6 is 0 Å². The molecule has 0 saturated carbocycles. The lowest BCUT2D eigenvalue weighted by Gasteiger charge is -2.06. The van der Waals surface area contributed by atoms with E-state index in [9.17, 15) is 8.78 Å². The number of nitrogens with one attached hydrogen (secondary N) is 1. The summed E-state index contributed by atoms with van der Waals surface area (Å²) in [4.78, 5) is 8.12. The van der Waals surface area contributed by atoms with Crippen LogP contribution in [0.15, 0.2) is 30.6 Å². The largest absolute Gasteiger partial charge is 0.434 e. The van der Waals surface area contributed by atoms with Crippen LogP contribution in [-0.2, 0) is 6.54 Å². The highest BCUT2D eigenvalue weighted by Crippen LogP contribution is 2.22. The van der Waals surface area contributed by atoms with Crippen molar-refractivity contribution < 1.29 is 13.5 Å². The van der Waals surface area contributed by atoms with Gasteiger partial charge in [-0.1, -0.05) is 6.92 Å². The maximum absolute atomic E-state index is 13.4. The minimum absolute atomic E-state index is 0.0878. The molecule has 4 nitrogen and oxygen atoms in total. The zero-order chi connectivity index (χ0) is 13.7. The molecule has 1 heterocycles. The molecule has 6 heteroatoms. The van der Waals surface area contributed by atoms with Gasteiger partial charge in [-0.05, 0) is 18.7 Å². The van der Waals surface area contributed by atoms with E-state index in [-0.39, 0.29) is 11.6 Å². The highest BCUT2D eigenvalue weighted by Gasteiger charge is 2.07. The van der Waals surface area contributed by atoms with Crippen LogP contribution in [0.25, 0.3) is 0 Å². The molecule has 0 aliphatic rings. The van der Waals surface area contributed by atoms with E-state index in [1.54, 1.807) is 6.20 Å². The van der Waals surface area contributed by atoms with E-state index in [1.807, 2.05) is 6.92 Å². The Kier molecular flexibility index (Phi) is 4.35. The van der Waals surface area contributed by atoms with Gasteiger partial charge in [-0.25, -0.2) is 13.8 Å². The first-order chi connectivity index (χ1) is 9.19. The molecule has 0 saturated heterocycles. The molecule has 100 valence electrons. The zero-order valence-electron chi connectivity index (χ0n) is 10.4. The molecule has 2 rings (SSSR count). The first-order valence-electron chi connectivity index (χ1n) is 5.83. The van der Waals surface area contributed by atoms with Crippen LogP contribution in [0.5, 0.6) is 11.6 Å². The molecule has 0 radical (unpaired) electrons. The first kappa shape index (κ1) is 13.4. The Hall–Kier alpha value is -2.08. The molecular weight excluding hydrogens is 252 g/mol. The van der Waals surface area contributed by atoms with Gasteiger partial charge < -0.3 is 10.1 Å². The highest BCUT2D eigenvalue weighted by atomic mass is 19.1. The fourth-order valence-corrected chi connectivity index (χ4v) is 1.41. The lowest BCUT2D eigenvalue weighted by Crippen LogP contribution is -2.13. The summed E-state index contributed by atoms with van der Waals surface area (Å²) in [5, 5.41) is 3.10. The SMILES string of the molecule is CCNCc1cnc(Oc2ccc(F)cc2F)cn1. The maximum Gasteiger partial charge on any atom is 0.237 e. The van der Waals surface area contributed by atoms with Gasteiger partial charge in [0.2, 0.25) is 5.88 Å². The van der Waals surface area contributed by atoms with Gasteiger partial charge in [0.1, 0.15) is 5.82 Å². The lowest BCUT2D eigenvalue weighted by atomic mass is 10.3. The Bertz CT molecular complexity index is 546. The first-order valence-corrected chi connectivity index (χ1v) is 5.83. The van der Waals surface area contributed by atoms with Crippen molar-refractivity contribution in [3.8, 4) is 11.6 Å². The fraction of sp³-hybridized carbons (Fsp3) is 0.231. The molecule has 0 fully saturated rings. The quantitative estimate of drug-likeness (QED) is 0.902. The van der Waals surface area contributed by atoms with Crippen molar-refractivity contribution in [3.05, 3.63) is 47.9 Å². The highest BCUT2D eigenvalue weighted by molar-refractivity contribution is 5.28. The molecule has 0 atom stereocenters. The summed E-state index contributed by atoms with van der Waals surface area (Å²) in [7, 11) is 0. The Morgan fingerprint density at radius 3 is 2.68 bits per heavy atom. The molecule has 1 aromatic carbocycles. The molecule has 0 spiro atoms. The third kappa shape index (κ3) is 3.69. The third-order valence-electron chi connectivity index (χ3n) is 2.35. The molecule has 0 bridgehead atoms. The van der Waals surface area contributed by atoms with Crippen LogP contribution in [0.1, 0.15) is 12.6 Å². The molecule has 19 heavy (non-hydrogen) atoms. The number of rotatable bonds is 5. The van der Waals surface area contributed by atoms with Gasteiger partial charge >= 0.3 is 0 Å². The smallest absolute Gasteiger partial charge is 0.237 e. The lowest BCUT2D eigenvalue weighted by molar-refractivity contribution is 0.421. The molecule has 1 aromatic heterocycles. The molecule has 0 amide bonds. The van der Waals surface area contributed by atoms with Gasteiger partial charge in [0.15, 0.2) is 11.6 Å². The van der Waals surface area contributed by atoms with Crippen LogP contribution in [0.4, 0.5) is 8.78 Å². The van der Waals surface area contributed by atoms with E-state index in [4.69, 9.17) is 4.74 Å². The van der Waals surface area contributed by atoms with Gasteiger partial charge in [-0.3, -0.25) is 4.98 Å². The Balaban J connectivity index is 2.06. The van der Waals surface area contributed by atoms with Crippen LogP contribution in [0.3, 0.4) is 0 Å². The van der Waals surface area contributed by atoms with Gasteiger partial charge in [0.25, 0.3) is 0 Å². The van der Waals surface area contributed by atoms with E-state index in [1.165, 1.54) is 12.3 Å². The number of aromatic nitrogens is 2. The average molecular weight is 265 g/mol. The van der Waals surface area contributed by atoms with Crippen LogP contribution in [-0.4, -0.2) is 16.5 Å². The summed E-state index contributed by atoms with van der Waals surface area (Å²) in [5.74, 6) is -1.36. The molecule has 0 aliphatic carbocycles. The number of hydrogen-bond donors (Lipinski definition) is 1. The summed E-state index contributed by atoms with van der Waals surface area (Å²) in [6.45, 7) is 3.43. The van der Waals surface area contributed by atoms with Crippen molar-refractivity contribution in [1.29, 1.82) is 0 Å². The van der Waals surface area contributed by atoms with Crippen molar-refractivity contribution in [1.82, 2.24) is 15.3 Å². The molecule has 0 unspecified atom stereocenters. The monoisotopic (exact) mass is 265 g/mol. The minimum atomic E-state index is -0.779. The topological polar surface area (TPSA) is 47.0 Å². The van der Waals surface area contributed by atoms with Crippen molar-refractivity contribution in [2.75, 3.05) is 6.54 Å². The van der Waals surface area contributed by atoms with E-state index in [2.05, 4.69) is 15.3 Å². The molecule has 2 aromatic rings.